The second kappa shape index (κ2) is 6.76. The van der Waals surface area contributed by atoms with Crippen LogP contribution in [0.15, 0.2) is 29.2 Å². The van der Waals surface area contributed by atoms with E-state index in [2.05, 4.69) is 5.32 Å². The molecule has 0 radical (unpaired) electrons. The highest BCUT2D eigenvalue weighted by atomic mass is 32.2. The number of rotatable bonds is 4. The van der Waals surface area contributed by atoms with Crippen LogP contribution in [0.1, 0.15) is 13.8 Å². The largest absolute Gasteiger partial charge is 0.364 e. The SMILES string of the molecule is C[C@H]1C[NH+](CC(=O)Nc2ccccc2S(C)(=O)=O)C[C@H](C)O1. The van der Waals surface area contributed by atoms with Crippen LogP contribution in [-0.4, -0.2) is 52.4 Å². The molecule has 22 heavy (non-hydrogen) atoms. The summed E-state index contributed by atoms with van der Waals surface area (Å²) in [4.78, 5) is 13.5. The minimum Gasteiger partial charge on any atom is -0.364 e. The maximum Gasteiger partial charge on any atom is 0.279 e. The number of carbonyl (C=O) groups is 1. The number of nitrogens with one attached hydrogen (secondary N) is 2. The van der Waals surface area contributed by atoms with Crippen molar-refractivity contribution in [3.8, 4) is 0 Å². The van der Waals surface area contributed by atoms with E-state index in [0.29, 0.717) is 12.2 Å². The molecule has 0 unspecified atom stereocenters. The number of hydrogen-bond acceptors (Lipinski definition) is 4. The predicted octanol–water partition coefficient (Wildman–Crippen LogP) is -0.279. The van der Waals surface area contributed by atoms with Crippen LogP contribution in [0.5, 0.6) is 0 Å². The van der Waals surface area contributed by atoms with Crippen LogP contribution in [0.2, 0.25) is 0 Å². The number of benzene rings is 1. The first kappa shape index (κ1) is 16.9. The Balaban J connectivity index is 2.04. The highest BCUT2D eigenvalue weighted by Gasteiger charge is 2.27. The van der Waals surface area contributed by atoms with E-state index in [1.165, 1.54) is 6.07 Å². The van der Waals surface area contributed by atoms with E-state index in [1.54, 1.807) is 18.2 Å². The molecule has 7 heteroatoms. The lowest BCUT2D eigenvalue weighted by Crippen LogP contribution is -3.16. The van der Waals surface area contributed by atoms with Crippen LogP contribution in [0.25, 0.3) is 0 Å². The average Bonchev–Trinajstić information content (AvgIpc) is 2.36. The molecule has 0 aliphatic carbocycles. The van der Waals surface area contributed by atoms with E-state index < -0.39 is 9.84 Å². The third kappa shape index (κ3) is 4.53. The van der Waals surface area contributed by atoms with Gasteiger partial charge in [0.25, 0.3) is 5.91 Å². The molecular formula is C15H23N2O4S+. The smallest absolute Gasteiger partial charge is 0.279 e. The minimum absolute atomic E-state index is 0.120. The second-order valence-electron chi connectivity index (χ2n) is 5.91. The van der Waals surface area contributed by atoms with E-state index in [0.717, 1.165) is 24.2 Å². The fourth-order valence-electron chi connectivity index (χ4n) is 2.85. The standard InChI is InChI=1S/C15H22N2O4S/c1-11-8-17(9-12(2)21-11)10-15(18)16-13-6-4-5-7-14(13)22(3,19)20/h4-7,11-12H,8-10H2,1-3H3,(H,16,18)/p+1/t11-,12-/m0/s1. The van der Waals surface area contributed by atoms with Gasteiger partial charge in [-0.15, -0.1) is 0 Å². The first-order valence-electron chi connectivity index (χ1n) is 7.33. The van der Waals surface area contributed by atoms with Crippen LogP contribution >= 0.6 is 0 Å². The fraction of sp³-hybridized carbons (Fsp3) is 0.533. The molecule has 1 aliphatic heterocycles. The molecule has 1 aromatic carbocycles. The maximum absolute atomic E-state index is 12.2. The van der Waals surface area contributed by atoms with Gasteiger partial charge in [-0.2, -0.15) is 0 Å². The molecule has 0 spiro atoms. The monoisotopic (exact) mass is 327 g/mol. The number of ether oxygens (including phenoxy) is 1. The third-order valence-electron chi connectivity index (χ3n) is 3.59. The number of quaternary nitrogens is 1. The number of carbonyl (C=O) groups excluding carboxylic acids is 1. The van der Waals surface area contributed by atoms with Crippen LogP contribution < -0.4 is 10.2 Å². The van der Waals surface area contributed by atoms with Crippen molar-refractivity contribution in [3.63, 3.8) is 0 Å². The van der Waals surface area contributed by atoms with Crippen molar-refractivity contribution in [2.24, 2.45) is 0 Å². The summed E-state index contributed by atoms with van der Waals surface area (Å²) in [6, 6.07) is 6.45. The Kier molecular flexibility index (Phi) is 5.20. The molecule has 0 aromatic heterocycles. The Bertz CT molecular complexity index is 635. The molecule has 0 saturated carbocycles. The lowest BCUT2D eigenvalue weighted by molar-refractivity contribution is -0.907. The van der Waals surface area contributed by atoms with E-state index in [9.17, 15) is 13.2 Å². The Morgan fingerprint density at radius 2 is 1.86 bits per heavy atom. The van der Waals surface area contributed by atoms with Crippen LogP contribution in [0.4, 0.5) is 5.69 Å². The molecular weight excluding hydrogens is 304 g/mol. The van der Waals surface area contributed by atoms with Crippen molar-refractivity contribution < 1.29 is 22.8 Å². The number of hydrogen-bond donors (Lipinski definition) is 2. The van der Waals surface area contributed by atoms with Crippen LogP contribution in [-0.2, 0) is 19.4 Å². The number of amides is 1. The van der Waals surface area contributed by atoms with Gasteiger partial charge < -0.3 is 15.0 Å². The summed E-state index contributed by atoms with van der Waals surface area (Å²) in [6.45, 7) is 5.83. The van der Waals surface area contributed by atoms with E-state index in [4.69, 9.17) is 4.74 Å². The Labute approximate surface area is 131 Å². The van der Waals surface area contributed by atoms with E-state index in [-0.39, 0.29) is 23.0 Å². The molecule has 1 fully saturated rings. The zero-order valence-electron chi connectivity index (χ0n) is 13.1. The summed E-state index contributed by atoms with van der Waals surface area (Å²) < 4.78 is 29.1. The number of para-hydroxylation sites is 1. The highest BCUT2D eigenvalue weighted by molar-refractivity contribution is 7.90. The van der Waals surface area contributed by atoms with Gasteiger partial charge in [0, 0.05) is 6.26 Å². The summed E-state index contributed by atoms with van der Waals surface area (Å²) in [5.74, 6) is -0.188. The van der Waals surface area contributed by atoms with Gasteiger partial charge in [-0.25, -0.2) is 8.42 Å². The third-order valence-corrected chi connectivity index (χ3v) is 4.74. The molecule has 1 saturated heterocycles. The molecule has 2 rings (SSSR count). The van der Waals surface area contributed by atoms with Crippen molar-refractivity contribution in [2.45, 2.75) is 31.0 Å². The lowest BCUT2D eigenvalue weighted by Gasteiger charge is -2.31. The van der Waals surface area contributed by atoms with Gasteiger partial charge in [0.2, 0.25) is 0 Å². The zero-order chi connectivity index (χ0) is 16.3. The molecule has 0 bridgehead atoms. The predicted molar refractivity (Wildman–Crippen MR) is 83.8 cm³/mol. The van der Waals surface area contributed by atoms with Gasteiger partial charge in [-0.05, 0) is 26.0 Å². The summed E-state index contributed by atoms with van der Waals surface area (Å²) >= 11 is 0. The average molecular weight is 327 g/mol. The van der Waals surface area contributed by atoms with Gasteiger partial charge in [-0.3, -0.25) is 4.79 Å². The normalized spacial score (nSPS) is 25.7. The molecule has 1 aliphatic rings. The number of sulfone groups is 1. The Hall–Kier alpha value is -1.44. The first-order chi connectivity index (χ1) is 10.3. The van der Waals surface area contributed by atoms with Crippen LogP contribution in [0.3, 0.4) is 0 Å². The van der Waals surface area contributed by atoms with Crippen molar-refractivity contribution in [2.75, 3.05) is 31.2 Å². The summed E-state index contributed by atoms with van der Waals surface area (Å²) in [5, 5.41) is 2.71. The van der Waals surface area contributed by atoms with Gasteiger partial charge >= 0.3 is 0 Å². The highest BCUT2D eigenvalue weighted by Crippen LogP contribution is 2.20. The van der Waals surface area contributed by atoms with Gasteiger partial charge in [0.05, 0.1) is 10.6 Å². The van der Waals surface area contributed by atoms with Crippen molar-refractivity contribution >= 4 is 21.4 Å². The molecule has 122 valence electrons. The molecule has 1 heterocycles. The van der Waals surface area contributed by atoms with Crippen molar-refractivity contribution in [3.05, 3.63) is 24.3 Å². The first-order valence-corrected chi connectivity index (χ1v) is 9.23. The summed E-state index contributed by atoms with van der Waals surface area (Å²) in [6.07, 6.45) is 1.37. The molecule has 2 atom stereocenters. The van der Waals surface area contributed by atoms with Crippen molar-refractivity contribution in [1.29, 1.82) is 0 Å². The molecule has 1 amide bonds. The Morgan fingerprint density at radius 1 is 1.27 bits per heavy atom. The lowest BCUT2D eigenvalue weighted by atomic mass is 10.2. The van der Waals surface area contributed by atoms with Crippen LogP contribution in [0, 0.1) is 0 Å². The van der Waals surface area contributed by atoms with E-state index in [1.807, 2.05) is 13.8 Å². The topological polar surface area (TPSA) is 76.9 Å². The number of morpholine rings is 1. The molecule has 6 nitrogen and oxygen atoms in total. The Morgan fingerprint density at radius 3 is 2.45 bits per heavy atom. The van der Waals surface area contributed by atoms with Crippen molar-refractivity contribution in [1.82, 2.24) is 0 Å². The maximum atomic E-state index is 12.2. The fourth-order valence-corrected chi connectivity index (χ4v) is 3.69. The summed E-state index contributed by atoms with van der Waals surface area (Å²) in [7, 11) is -3.37. The second-order valence-corrected chi connectivity index (χ2v) is 7.89. The molecule has 1 aromatic rings. The van der Waals surface area contributed by atoms with Gasteiger partial charge in [-0.1, -0.05) is 12.1 Å². The van der Waals surface area contributed by atoms with Gasteiger partial charge in [0.1, 0.15) is 25.3 Å². The summed E-state index contributed by atoms with van der Waals surface area (Å²) in [5.41, 5.74) is 0.337. The molecule has 2 N–H and O–H groups in total. The minimum atomic E-state index is -3.37. The zero-order valence-corrected chi connectivity index (χ0v) is 13.9. The van der Waals surface area contributed by atoms with Gasteiger partial charge in [0.15, 0.2) is 16.4 Å². The van der Waals surface area contributed by atoms with E-state index >= 15 is 0 Å². The quantitative estimate of drug-likeness (QED) is 0.797. The number of anilines is 1.